The fraction of sp³-hybridized carbons (Fsp3) is 0.394. The summed E-state index contributed by atoms with van der Waals surface area (Å²) in [6, 6.07) is 14.0. The van der Waals surface area contributed by atoms with Crippen molar-refractivity contribution in [1.82, 2.24) is 30.0 Å². The highest BCUT2D eigenvalue weighted by molar-refractivity contribution is 6.05. The molecular formula is C33H32N6O3. The molecule has 0 radical (unpaired) electrons. The number of piperidine rings is 1. The van der Waals surface area contributed by atoms with E-state index < -0.39 is 6.04 Å². The van der Waals surface area contributed by atoms with Gasteiger partial charge in [0.1, 0.15) is 6.04 Å². The van der Waals surface area contributed by atoms with E-state index in [2.05, 4.69) is 27.2 Å². The summed E-state index contributed by atoms with van der Waals surface area (Å²) in [5.74, 6) is 0.403. The molecule has 2 saturated carbocycles. The number of rotatable bonds is 7. The fourth-order valence-electron chi connectivity index (χ4n) is 6.82. The summed E-state index contributed by atoms with van der Waals surface area (Å²) < 4.78 is 2.17. The molecule has 1 unspecified atom stereocenters. The third kappa shape index (κ3) is 4.47. The SMILES string of the molecule is O=C1CCC(N2Cc3ccc(CCC4CC(n5cc(-c6cnc7ccccc7n6)c(C6CC6)n5)C4)cc3C2=O)C(=O)N1. The van der Waals surface area contributed by atoms with Gasteiger partial charge in [-0.05, 0) is 80.2 Å². The van der Waals surface area contributed by atoms with Crippen LogP contribution in [0.1, 0.15) is 84.1 Å². The molecule has 2 aliphatic heterocycles. The van der Waals surface area contributed by atoms with Gasteiger partial charge in [-0.3, -0.25) is 29.4 Å². The van der Waals surface area contributed by atoms with Crippen LogP contribution in [0.3, 0.4) is 0 Å². The third-order valence-electron chi connectivity index (χ3n) is 9.47. The highest BCUT2D eigenvalue weighted by Crippen LogP contribution is 2.46. The first kappa shape index (κ1) is 25.3. The Morgan fingerprint density at radius 1 is 0.952 bits per heavy atom. The average Bonchev–Trinajstić information content (AvgIpc) is 3.65. The minimum atomic E-state index is -0.575. The molecule has 8 rings (SSSR count). The second kappa shape index (κ2) is 9.86. The average molecular weight is 561 g/mol. The van der Waals surface area contributed by atoms with Crippen molar-refractivity contribution in [2.75, 3.05) is 0 Å². The monoisotopic (exact) mass is 560 g/mol. The van der Waals surface area contributed by atoms with Crippen molar-refractivity contribution in [2.24, 2.45) is 5.92 Å². The molecular weight excluding hydrogens is 528 g/mol. The van der Waals surface area contributed by atoms with Crippen molar-refractivity contribution < 1.29 is 14.4 Å². The lowest BCUT2D eigenvalue weighted by atomic mass is 9.77. The molecule has 42 heavy (non-hydrogen) atoms. The van der Waals surface area contributed by atoms with E-state index in [9.17, 15) is 14.4 Å². The standard InChI is InChI=1S/C33H32N6O3/c40-30-12-11-29(32(41)36-30)38-17-22-8-7-19(15-24(22)33(38)42)5-6-20-13-23(14-20)39-18-25(31(37-39)21-9-10-21)28-16-34-26-3-1-2-4-27(26)35-28/h1-4,7-8,15-16,18,20-21,23,29H,5-6,9-14,17H2,(H,36,40,41). The zero-order valence-electron chi connectivity index (χ0n) is 23.3. The number of amides is 3. The Balaban J connectivity index is 0.910. The van der Waals surface area contributed by atoms with Crippen LogP contribution in [0.25, 0.3) is 22.3 Å². The Morgan fingerprint density at radius 3 is 2.60 bits per heavy atom. The molecule has 1 saturated heterocycles. The zero-order chi connectivity index (χ0) is 28.4. The van der Waals surface area contributed by atoms with E-state index in [4.69, 9.17) is 10.1 Å². The molecule has 1 N–H and O–H groups in total. The number of para-hydroxylation sites is 2. The van der Waals surface area contributed by atoms with Gasteiger partial charge in [-0.2, -0.15) is 5.10 Å². The van der Waals surface area contributed by atoms with Crippen LogP contribution in [0.2, 0.25) is 0 Å². The van der Waals surface area contributed by atoms with Crippen LogP contribution >= 0.6 is 0 Å². The van der Waals surface area contributed by atoms with Gasteiger partial charge in [0, 0.05) is 36.2 Å². The molecule has 2 aliphatic carbocycles. The number of carbonyl (C=O) groups excluding carboxylic acids is 3. The number of hydrogen-bond donors (Lipinski definition) is 1. The van der Waals surface area contributed by atoms with E-state index >= 15 is 0 Å². The van der Waals surface area contributed by atoms with Crippen molar-refractivity contribution >= 4 is 28.8 Å². The van der Waals surface area contributed by atoms with Crippen molar-refractivity contribution in [3.05, 3.63) is 77.2 Å². The number of carbonyl (C=O) groups is 3. The van der Waals surface area contributed by atoms with Gasteiger partial charge in [-0.25, -0.2) is 4.98 Å². The number of imide groups is 1. The summed E-state index contributed by atoms with van der Waals surface area (Å²) in [4.78, 5) is 48.2. The fourth-order valence-corrected chi connectivity index (χ4v) is 6.82. The van der Waals surface area contributed by atoms with Gasteiger partial charge in [0.2, 0.25) is 11.8 Å². The molecule has 1 atom stereocenters. The Bertz CT molecular complexity index is 1750. The van der Waals surface area contributed by atoms with E-state index in [1.165, 1.54) is 12.8 Å². The van der Waals surface area contributed by atoms with E-state index in [1.807, 2.05) is 42.6 Å². The van der Waals surface area contributed by atoms with E-state index in [1.54, 1.807) is 4.90 Å². The van der Waals surface area contributed by atoms with Gasteiger partial charge in [0.15, 0.2) is 0 Å². The first-order valence-corrected chi connectivity index (χ1v) is 15.1. The van der Waals surface area contributed by atoms with Crippen molar-refractivity contribution in [3.63, 3.8) is 0 Å². The number of nitrogens with zero attached hydrogens (tertiary/aromatic N) is 5. The first-order valence-electron chi connectivity index (χ1n) is 15.1. The molecule has 4 aromatic rings. The summed E-state index contributed by atoms with van der Waals surface area (Å²) in [5, 5.41) is 7.44. The number of aromatic nitrogens is 4. The molecule has 4 heterocycles. The van der Waals surface area contributed by atoms with E-state index in [0.29, 0.717) is 36.4 Å². The minimum absolute atomic E-state index is 0.109. The lowest BCUT2D eigenvalue weighted by molar-refractivity contribution is -0.136. The molecule has 2 aromatic carbocycles. The lowest BCUT2D eigenvalue weighted by Crippen LogP contribution is -2.52. The van der Waals surface area contributed by atoms with Gasteiger partial charge in [-0.1, -0.05) is 24.3 Å². The molecule has 4 aliphatic rings. The highest BCUT2D eigenvalue weighted by Gasteiger charge is 2.39. The molecule has 3 amide bonds. The Morgan fingerprint density at radius 2 is 1.79 bits per heavy atom. The van der Waals surface area contributed by atoms with Crippen molar-refractivity contribution in [1.29, 1.82) is 0 Å². The predicted octanol–water partition coefficient (Wildman–Crippen LogP) is 4.72. The van der Waals surface area contributed by atoms with Gasteiger partial charge >= 0.3 is 0 Å². The molecule has 2 aromatic heterocycles. The van der Waals surface area contributed by atoms with Crippen LogP contribution in [-0.4, -0.2) is 48.4 Å². The lowest BCUT2D eigenvalue weighted by Gasteiger charge is -2.35. The molecule has 0 spiro atoms. The normalized spacial score (nSPS) is 23.7. The topological polar surface area (TPSA) is 110 Å². The summed E-state index contributed by atoms with van der Waals surface area (Å²) in [7, 11) is 0. The molecule has 212 valence electrons. The minimum Gasteiger partial charge on any atom is -0.322 e. The Hall–Kier alpha value is -4.40. The van der Waals surface area contributed by atoms with E-state index in [0.717, 1.165) is 64.8 Å². The van der Waals surface area contributed by atoms with Crippen LogP contribution in [0.5, 0.6) is 0 Å². The smallest absolute Gasteiger partial charge is 0.255 e. The van der Waals surface area contributed by atoms with Crippen LogP contribution in [0.4, 0.5) is 0 Å². The first-order chi connectivity index (χ1) is 20.5. The summed E-state index contributed by atoms with van der Waals surface area (Å²) in [6.45, 7) is 0.421. The summed E-state index contributed by atoms with van der Waals surface area (Å²) in [6.07, 6.45) is 11.3. The van der Waals surface area contributed by atoms with Gasteiger partial charge < -0.3 is 4.90 Å². The highest BCUT2D eigenvalue weighted by atomic mass is 16.2. The summed E-state index contributed by atoms with van der Waals surface area (Å²) in [5.41, 5.74) is 7.80. The third-order valence-corrected chi connectivity index (χ3v) is 9.47. The van der Waals surface area contributed by atoms with Gasteiger partial charge in [-0.15, -0.1) is 0 Å². The van der Waals surface area contributed by atoms with Gasteiger partial charge in [0.25, 0.3) is 5.91 Å². The maximum atomic E-state index is 13.2. The molecule has 0 bridgehead atoms. The maximum Gasteiger partial charge on any atom is 0.255 e. The largest absolute Gasteiger partial charge is 0.322 e. The van der Waals surface area contributed by atoms with Gasteiger partial charge in [0.05, 0.1) is 34.7 Å². The number of fused-ring (bicyclic) bond motifs is 2. The number of benzene rings is 2. The second-order valence-electron chi connectivity index (χ2n) is 12.3. The second-order valence-corrected chi connectivity index (χ2v) is 12.3. The zero-order valence-corrected chi connectivity index (χ0v) is 23.3. The summed E-state index contributed by atoms with van der Waals surface area (Å²) >= 11 is 0. The number of hydrogen-bond acceptors (Lipinski definition) is 6. The number of nitrogens with one attached hydrogen (secondary N) is 1. The van der Waals surface area contributed by atoms with Crippen LogP contribution in [0.15, 0.2) is 54.9 Å². The van der Waals surface area contributed by atoms with Crippen LogP contribution in [0, 0.1) is 5.92 Å². The number of aryl methyl sites for hydroxylation is 1. The molecule has 9 nitrogen and oxygen atoms in total. The maximum absolute atomic E-state index is 13.2. The molecule has 9 heteroatoms. The Kier molecular flexibility index (Phi) is 5.94. The Labute approximate surface area is 243 Å². The van der Waals surface area contributed by atoms with E-state index in [-0.39, 0.29) is 24.1 Å². The van der Waals surface area contributed by atoms with Crippen molar-refractivity contribution in [3.8, 4) is 11.3 Å². The predicted molar refractivity (Wildman–Crippen MR) is 155 cm³/mol. The van der Waals surface area contributed by atoms with Crippen LogP contribution in [-0.2, 0) is 22.6 Å². The quantitative estimate of drug-likeness (QED) is 0.328. The van der Waals surface area contributed by atoms with Crippen LogP contribution < -0.4 is 5.32 Å². The molecule has 3 fully saturated rings. The van der Waals surface area contributed by atoms with Crippen molar-refractivity contribution in [2.45, 2.75) is 75.9 Å².